The van der Waals surface area contributed by atoms with E-state index in [4.69, 9.17) is 15.5 Å². The molecule has 1 amide bonds. The largest absolute Gasteiger partial charge is 0.387 e. The Balaban J connectivity index is 1.33. The van der Waals surface area contributed by atoms with Gasteiger partial charge in [-0.1, -0.05) is 65.8 Å². The number of ether oxygens (including phenoxy) is 1. The Morgan fingerprint density at radius 3 is 2.38 bits per heavy atom. The molecule has 0 saturated carbocycles. The number of likely N-dealkylation sites (N-methyl/N-ethyl adjacent to an activating group) is 1. The summed E-state index contributed by atoms with van der Waals surface area (Å²) in [4.78, 5) is 26.4. The monoisotopic (exact) mass is 614 g/mol. The predicted molar refractivity (Wildman–Crippen MR) is 164 cm³/mol. The maximum atomic E-state index is 12.5. The van der Waals surface area contributed by atoms with Crippen molar-refractivity contribution in [1.82, 2.24) is 45.0 Å². The third kappa shape index (κ3) is 6.24. The Hall–Kier alpha value is -5.19. The van der Waals surface area contributed by atoms with Crippen LogP contribution in [0.2, 0.25) is 0 Å². The number of carbonyl (C=O) groups excluding carboxylic acids is 1. The lowest BCUT2D eigenvalue weighted by Gasteiger charge is -2.20. The number of carbonyl (C=O) groups is 1. The summed E-state index contributed by atoms with van der Waals surface area (Å²) < 4.78 is 8.79. The molecule has 7 N–H and O–H groups in total. The smallest absolute Gasteiger partial charge is 0.252 e. The van der Waals surface area contributed by atoms with Crippen LogP contribution in [0.4, 0.5) is 17.7 Å². The Morgan fingerprint density at radius 2 is 1.73 bits per heavy atom. The van der Waals surface area contributed by atoms with Crippen molar-refractivity contribution in [2.75, 3.05) is 36.0 Å². The molecule has 1 aliphatic heterocycles. The molecule has 4 atom stereocenters. The van der Waals surface area contributed by atoms with Gasteiger partial charge in [0.25, 0.3) is 5.91 Å². The zero-order valence-electron chi connectivity index (χ0n) is 24.4. The predicted octanol–water partition coefficient (Wildman–Crippen LogP) is 0.506. The van der Waals surface area contributed by atoms with Crippen LogP contribution in [0.1, 0.15) is 30.2 Å². The molecule has 0 bridgehead atoms. The maximum Gasteiger partial charge on any atom is 0.252 e. The lowest BCUT2D eigenvalue weighted by Crippen LogP contribution is -2.42. The van der Waals surface area contributed by atoms with Gasteiger partial charge in [-0.3, -0.25) is 9.36 Å². The molecule has 3 aromatic heterocycles. The number of amides is 1. The molecule has 2 aromatic carbocycles. The molecular formula is C29H34N12O4. The van der Waals surface area contributed by atoms with Crippen LogP contribution in [0.25, 0.3) is 11.2 Å². The van der Waals surface area contributed by atoms with Crippen molar-refractivity contribution in [2.45, 2.75) is 43.9 Å². The van der Waals surface area contributed by atoms with Gasteiger partial charge < -0.3 is 36.6 Å². The highest BCUT2D eigenvalue weighted by atomic mass is 16.6. The number of benzene rings is 2. The molecule has 1 fully saturated rings. The van der Waals surface area contributed by atoms with Gasteiger partial charge in [0.15, 0.2) is 29.3 Å². The number of nitrogen functional groups attached to an aromatic ring is 1. The summed E-state index contributed by atoms with van der Waals surface area (Å²) >= 11 is 0. The van der Waals surface area contributed by atoms with Gasteiger partial charge in [-0.2, -0.15) is 9.97 Å². The Bertz CT molecular complexity index is 1690. The fourth-order valence-corrected chi connectivity index (χ4v) is 5.33. The maximum absolute atomic E-state index is 12.5. The average molecular weight is 615 g/mol. The summed E-state index contributed by atoms with van der Waals surface area (Å²) in [6.45, 7) is 3.27. The fraction of sp³-hybridized carbons (Fsp3) is 0.345. The highest BCUT2D eigenvalue weighted by molar-refractivity contribution is 5.85. The van der Waals surface area contributed by atoms with E-state index >= 15 is 0 Å². The third-order valence-electron chi connectivity index (χ3n) is 7.59. The van der Waals surface area contributed by atoms with Crippen LogP contribution in [0.5, 0.6) is 0 Å². The highest BCUT2D eigenvalue weighted by Gasteiger charge is 2.47. The molecule has 5 aromatic rings. The molecule has 0 unspecified atom stereocenters. The molecule has 45 heavy (non-hydrogen) atoms. The average Bonchev–Trinajstić information content (AvgIpc) is 3.75. The highest BCUT2D eigenvalue weighted by Crippen LogP contribution is 2.33. The number of hydrogen-bond acceptors (Lipinski definition) is 13. The van der Waals surface area contributed by atoms with Crippen molar-refractivity contribution in [3.63, 3.8) is 0 Å². The lowest BCUT2D eigenvalue weighted by molar-refractivity contribution is -0.137. The summed E-state index contributed by atoms with van der Waals surface area (Å²) in [5.74, 6) is 0.335. The van der Waals surface area contributed by atoms with Crippen LogP contribution in [-0.4, -0.2) is 93.8 Å². The van der Waals surface area contributed by atoms with Gasteiger partial charge in [0.05, 0.1) is 12.9 Å². The van der Waals surface area contributed by atoms with E-state index in [-0.39, 0.29) is 17.8 Å². The number of imidazole rings is 1. The quantitative estimate of drug-likeness (QED) is 0.113. The molecule has 1 aliphatic rings. The number of hydrogen-bond donors (Lipinski definition) is 6. The van der Waals surface area contributed by atoms with Crippen molar-refractivity contribution < 1.29 is 19.7 Å². The number of nitrogens with one attached hydrogen (secondary N) is 3. The normalized spacial score (nSPS) is 19.6. The van der Waals surface area contributed by atoms with E-state index in [1.54, 1.807) is 6.92 Å². The minimum Gasteiger partial charge on any atom is -0.387 e. The zero-order chi connectivity index (χ0) is 31.3. The SMILES string of the molecule is CCNC(=O)[C@H]1O[C@@H](n2cnc3c(NCC(c4ccccc4)c4ccccc4)nc(NCCn4nnnc4N)nc32)[C@H](O)[C@@H]1O. The van der Waals surface area contributed by atoms with Crippen LogP contribution in [0.15, 0.2) is 67.0 Å². The van der Waals surface area contributed by atoms with Crippen LogP contribution in [0.3, 0.4) is 0 Å². The van der Waals surface area contributed by atoms with Gasteiger partial charge in [-0.05, 0) is 28.5 Å². The minimum atomic E-state index is -1.45. The molecule has 0 spiro atoms. The molecule has 4 heterocycles. The van der Waals surface area contributed by atoms with Crippen molar-refractivity contribution >= 4 is 34.8 Å². The van der Waals surface area contributed by atoms with Crippen LogP contribution < -0.4 is 21.7 Å². The molecule has 6 rings (SSSR count). The first-order valence-electron chi connectivity index (χ1n) is 14.6. The Kier molecular flexibility index (Phi) is 8.77. The standard InChI is InChI=1S/C29H34N12O4/c1-2-31-26(44)23-21(42)22(43)27(45-23)40-16-34-20-24(35-29(36-25(20)40)32-13-14-41-28(30)37-38-39-41)33-15-19(17-9-5-3-6-10-17)18-11-7-4-8-12-18/h3-12,16,19,21-23,27,42-43H,2,13-15H2,1H3,(H,31,44)(H2,30,37,39)(H2,32,33,35,36)/t21-,22+,23-,27+/m0/s1. The number of aliphatic hydroxyl groups excluding tert-OH is 2. The number of fused-ring (bicyclic) bond motifs is 1. The summed E-state index contributed by atoms with van der Waals surface area (Å²) in [7, 11) is 0. The van der Waals surface area contributed by atoms with E-state index in [1.807, 2.05) is 36.4 Å². The van der Waals surface area contributed by atoms with Gasteiger partial charge in [-0.25, -0.2) is 9.67 Å². The summed E-state index contributed by atoms with van der Waals surface area (Å²) in [6.07, 6.45) is -3.81. The number of nitrogens with two attached hydrogens (primary N) is 1. The van der Waals surface area contributed by atoms with Crippen molar-refractivity contribution in [1.29, 1.82) is 0 Å². The number of nitrogens with zero attached hydrogens (tertiary/aromatic N) is 8. The summed E-state index contributed by atoms with van der Waals surface area (Å²) in [5, 5.41) is 41.9. The lowest BCUT2D eigenvalue weighted by atomic mass is 9.91. The number of tetrazole rings is 1. The number of aliphatic hydroxyl groups is 2. The first kappa shape index (κ1) is 29.9. The molecule has 16 nitrogen and oxygen atoms in total. The first-order valence-corrected chi connectivity index (χ1v) is 14.6. The molecule has 0 aliphatic carbocycles. The zero-order valence-corrected chi connectivity index (χ0v) is 24.4. The fourth-order valence-electron chi connectivity index (χ4n) is 5.33. The number of anilines is 3. The van der Waals surface area contributed by atoms with Gasteiger partial charge >= 0.3 is 0 Å². The van der Waals surface area contributed by atoms with Crippen LogP contribution >= 0.6 is 0 Å². The van der Waals surface area contributed by atoms with Crippen LogP contribution in [0, 0.1) is 0 Å². The van der Waals surface area contributed by atoms with E-state index in [1.165, 1.54) is 15.6 Å². The van der Waals surface area contributed by atoms with E-state index in [9.17, 15) is 15.0 Å². The van der Waals surface area contributed by atoms with E-state index in [0.29, 0.717) is 43.2 Å². The second-order valence-electron chi connectivity index (χ2n) is 10.5. The summed E-state index contributed by atoms with van der Waals surface area (Å²) in [5.41, 5.74) is 8.77. The van der Waals surface area contributed by atoms with Crippen molar-refractivity contribution in [2.24, 2.45) is 0 Å². The molecule has 1 saturated heterocycles. The Labute approximate surface area is 257 Å². The van der Waals surface area contributed by atoms with Gasteiger partial charge in [0.2, 0.25) is 11.9 Å². The minimum absolute atomic E-state index is 0.00771. The van der Waals surface area contributed by atoms with E-state index < -0.39 is 30.4 Å². The van der Waals surface area contributed by atoms with E-state index in [0.717, 1.165) is 11.1 Å². The van der Waals surface area contributed by atoms with Crippen molar-refractivity contribution in [3.8, 4) is 0 Å². The Morgan fingerprint density at radius 1 is 1.02 bits per heavy atom. The second kappa shape index (κ2) is 13.2. The molecule has 234 valence electrons. The van der Waals surface area contributed by atoms with E-state index in [2.05, 4.69) is 65.7 Å². The first-order chi connectivity index (χ1) is 21.9. The van der Waals surface area contributed by atoms with Gasteiger partial charge in [-0.15, -0.1) is 0 Å². The van der Waals surface area contributed by atoms with Crippen molar-refractivity contribution in [3.05, 3.63) is 78.1 Å². The summed E-state index contributed by atoms with van der Waals surface area (Å²) in [6, 6.07) is 20.3. The number of rotatable bonds is 12. The molecular weight excluding hydrogens is 580 g/mol. The third-order valence-corrected chi connectivity index (χ3v) is 7.59. The molecule has 16 heteroatoms. The molecule has 0 radical (unpaired) electrons. The van der Waals surface area contributed by atoms with Gasteiger partial charge in [0.1, 0.15) is 12.2 Å². The van der Waals surface area contributed by atoms with Gasteiger partial charge in [0, 0.05) is 25.6 Å². The van der Waals surface area contributed by atoms with Crippen LogP contribution in [-0.2, 0) is 16.1 Å². The second-order valence-corrected chi connectivity index (χ2v) is 10.5. The number of aromatic nitrogens is 8. The topological polar surface area (TPSA) is 216 Å².